The smallest absolute Gasteiger partial charge is 0.0372 e. The predicted octanol–water partition coefficient (Wildman–Crippen LogP) is 4.00. The first-order chi connectivity index (χ1) is 7.58. The van der Waals surface area contributed by atoms with Crippen LogP contribution in [0.5, 0.6) is 0 Å². The lowest BCUT2D eigenvalue weighted by atomic mass is 10.2. The van der Waals surface area contributed by atoms with Gasteiger partial charge in [-0.25, -0.2) is 0 Å². The fraction of sp³-hybridized carbons (Fsp3) is 0.267. The zero-order valence-corrected chi connectivity index (χ0v) is 10.5. The molecule has 0 saturated carbocycles. The number of hydrogen-bond donors (Lipinski definition) is 0. The van der Waals surface area contributed by atoms with Crippen molar-refractivity contribution in [3.63, 3.8) is 0 Å². The van der Waals surface area contributed by atoms with Gasteiger partial charge in [-0.15, -0.1) is 0 Å². The molecule has 0 fully saturated rings. The molecule has 0 atom stereocenters. The molecule has 0 spiro atoms. The number of hydrogen-bond acceptors (Lipinski definition) is 1. The highest BCUT2D eigenvalue weighted by molar-refractivity contribution is 5.19. The van der Waals surface area contributed by atoms with Gasteiger partial charge in [0.1, 0.15) is 0 Å². The van der Waals surface area contributed by atoms with Crippen molar-refractivity contribution in [3.8, 4) is 0 Å². The van der Waals surface area contributed by atoms with Gasteiger partial charge in [-0.05, 0) is 39.3 Å². The van der Waals surface area contributed by atoms with Gasteiger partial charge in [0.2, 0.25) is 0 Å². The Balaban J connectivity index is 0.000000160. The monoisotopic (exact) mass is 213 g/mol. The lowest BCUT2D eigenvalue weighted by Gasteiger charge is -1.90. The van der Waals surface area contributed by atoms with Crippen LogP contribution in [0.3, 0.4) is 0 Å². The van der Waals surface area contributed by atoms with Crippen LogP contribution < -0.4 is 0 Å². The molecule has 0 bridgehead atoms. The summed E-state index contributed by atoms with van der Waals surface area (Å²) < 4.78 is 0. The summed E-state index contributed by atoms with van der Waals surface area (Å²) in [5.41, 5.74) is 4.96. The second-order valence-electron chi connectivity index (χ2n) is 4.13. The highest BCUT2D eigenvalue weighted by Crippen LogP contribution is 1.99. The van der Waals surface area contributed by atoms with Gasteiger partial charge in [0.25, 0.3) is 0 Å². The van der Waals surface area contributed by atoms with E-state index in [1.807, 2.05) is 26.1 Å². The third kappa shape index (κ3) is 4.74. The van der Waals surface area contributed by atoms with Gasteiger partial charge in [0.15, 0.2) is 0 Å². The van der Waals surface area contributed by atoms with Crippen LogP contribution in [0.4, 0.5) is 0 Å². The summed E-state index contributed by atoms with van der Waals surface area (Å²) in [7, 11) is 0. The lowest BCUT2D eigenvalue weighted by molar-refractivity contribution is 1.17. The minimum Gasteiger partial charge on any atom is -0.261 e. The molecular weight excluding hydrogens is 194 g/mol. The van der Waals surface area contributed by atoms with E-state index in [0.29, 0.717) is 0 Å². The standard InChI is InChI=1S/C8H10.C7H9N/c1-7-3-5-8(2)6-4-7;1-6-3-4-7(2)8-5-6/h3-6H,1-2H3;3-5H,1-2H3. The van der Waals surface area contributed by atoms with E-state index in [9.17, 15) is 0 Å². The maximum Gasteiger partial charge on any atom is 0.0372 e. The van der Waals surface area contributed by atoms with E-state index >= 15 is 0 Å². The molecule has 84 valence electrons. The van der Waals surface area contributed by atoms with Gasteiger partial charge in [-0.1, -0.05) is 41.5 Å². The average Bonchev–Trinajstić information content (AvgIpc) is 2.28. The van der Waals surface area contributed by atoms with E-state index in [2.05, 4.69) is 49.2 Å². The maximum atomic E-state index is 4.08. The number of rotatable bonds is 0. The Morgan fingerprint density at radius 2 is 1.06 bits per heavy atom. The largest absolute Gasteiger partial charge is 0.261 e. The van der Waals surface area contributed by atoms with E-state index in [0.717, 1.165) is 5.69 Å². The Morgan fingerprint density at radius 3 is 1.38 bits per heavy atom. The van der Waals surface area contributed by atoms with E-state index < -0.39 is 0 Å². The average molecular weight is 213 g/mol. The van der Waals surface area contributed by atoms with Crippen molar-refractivity contribution in [3.05, 3.63) is 65.0 Å². The first kappa shape index (κ1) is 12.4. The molecule has 0 aliphatic carbocycles. The number of aromatic nitrogens is 1. The summed E-state index contributed by atoms with van der Waals surface area (Å²) in [5.74, 6) is 0. The molecular formula is C15H19N. The van der Waals surface area contributed by atoms with E-state index in [1.165, 1.54) is 16.7 Å². The quantitative estimate of drug-likeness (QED) is 0.644. The lowest BCUT2D eigenvalue weighted by Crippen LogP contribution is -1.78. The molecule has 0 saturated heterocycles. The Kier molecular flexibility index (Phi) is 4.71. The zero-order valence-electron chi connectivity index (χ0n) is 10.5. The first-order valence-corrected chi connectivity index (χ1v) is 5.50. The molecule has 0 N–H and O–H groups in total. The summed E-state index contributed by atoms with van der Waals surface area (Å²) in [5, 5.41) is 0. The number of benzene rings is 1. The van der Waals surface area contributed by atoms with Crippen LogP contribution in [0.2, 0.25) is 0 Å². The van der Waals surface area contributed by atoms with Crippen molar-refractivity contribution in [2.24, 2.45) is 0 Å². The number of pyridine rings is 1. The highest BCUT2D eigenvalue weighted by Gasteiger charge is 1.81. The van der Waals surface area contributed by atoms with Crippen LogP contribution in [0.15, 0.2) is 42.6 Å². The van der Waals surface area contributed by atoms with Crippen molar-refractivity contribution in [2.45, 2.75) is 27.7 Å². The molecule has 1 heteroatoms. The molecule has 16 heavy (non-hydrogen) atoms. The molecule has 1 aromatic heterocycles. The molecule has 2 aromatic rings. The molecule has 1 nitrogen and oxygen atoms in total. The number of nitrogens with zero attached hydrogens (tertiary/aromatic N) is 1. The Morgan fingerprint density at radius 1 is 0.625 bits per heavy atom. The van der Waals surface area contributed by atoms with Crippen molar-refractivity contribution in [2.75, 3.05) is 0 Å². The molecule has 1 aromatic carbocycles. The third-order valence-electron chi connectivity index (χ3n) is 2.28. The zero-order chi connectivity index (χ0) is 12.0. The topological polar surface area (TPSA) is 12.9 Å². The molecule has 1 heterocycles. The number of aryl methyl sites for hydroxylation is 4. The van der Waals surface area contributed by atoms with Crippen molar-refractivity contribution < 1.29 is 0 Å². The van der Waals surface area contributed by atoms with Gasteiger partial charge >= 0.3 is 0 Å². The normalized spacial score (nSPS) is 9.25. The van der Waals surface area contributed by atoms with Gasteiger partial charge in [-0.2, -0.15) is 0 Å². The third-order valence-corrected chi connectivity index (χ3v) is 2.28. The predicted molar refractivity (Wildman–Crippen MR) is 69.6 cm³/mol. The fourth-order valence-electron chi connectivity index (χ4n) is 1.18. The van der Waals surface area contributed by atoms with Crippen LogP contribution >= 0.6 is 0 Å². The molecule has 0 unspecified atom stereocenters. The molecule has 2 rings (SSSR count). The highest BCUT2D eigenvalue weighted by atomic mass is 14.6. The minimum atomic E-state index is 1.08. The second-order valence-corrected chi connectivity index (χ2v) is 4.13. The van der Waals surface area contributed by atoms with E-state index in [4.69, 9.17) is 0 Å². The van der Waals surface area contributed by atoms with Crippen molar-refractivity contribution >= 4 is 0 Å². The SMILES string of the molecule is Cc1ccc(C)cc1.Cc1ccc(C)nc1. The van der Waals surface area contributed by atoms with Crippen LogP contribution in [0, 0.1) is 27.7 Å². The Hall–Kier alpha value is -1.63. The van der Waals surface area contributed by atoms with E-state index in [1.54, 1.807) is 0 Å². The Bertz CT molecular complexity index is 327. The van der Waals surface area contributed by atoms with E-state index in [-0.39, 0.29) is 0 Å². The minimum absolute atomic E-state index is 1.08. The van der Waals surface area contributed by atoms with Crippen LogP contribution in [0.25, 0.3) is 0 Å². The summed E-state index contributed by atoms with van der Waals surface area (Å²) in [6.45, 7) is 8.21. The Labute approximate surface area is 98.2 Å². The van der Waals surface area contributed by atoms with Crippen LogP contribution in [-0.2, 0) is 0 Å². The summed E-state index contributed by atoms with van der Waals surface area (Å²) in [4.78, 5) is 4.08. The van der Waals surface area contributed by atoms with Gasteiger partial charge in [-0.3, -0.25) is 4.98 Å². The fourth-order valence-corrected chi connectivity index (χ4v) is 1.18. The second kappa shape index (κ2) is 6.06. The van der Waals surface area contributed by atoms with Gasteiger partial charge in [0.05, 0.1) is 0 Å². The first-order valence-electron chi connectivity index (χ1n) is 5.50. The van der Waals surface area contributed by atoms with Crippen molar-refractivity contribution in [1.82, 2.24) is 4.98 Å². The van der Waals surface area contributed by atoms with Crippen LogP contribution in [0.1, 0.15) is 22.4 Å². The van der Waals surface area contributed by atoms with Gasteiger partial charge < -0.3 is 0 Å². The molecule has 0 amide bonds. The summed E-state index contributed by atoms with van der Waals surface area (Å²) in [6.07, 6.45) is 1.87. The maximum absolute atomic E-state index is 4.08. The van der Waals surface area contributed by atoms with Crippen LogP contribution in [-0.4, -0.2) is 4.98 Å². The summed E-state index contributed by atoms with van der Waals surface area (Å²) >= 11 is 0. The van der Waals surface area contributed by atoms with Gasteiger partial charge in [0, 0.05) is 11.9 Å². The van der Waals surface area contributed by atoms with Crippen molar-refractivity contribution in [1.29, 1.82) is 0 Å². The molecule has 0 aliphatic rings. The molecule has 0 radical (unpaired) electrons. The summed E-state index contributed by atoms with van der Waals surface area (Å²) in [6, 6.07) is 12.5. The molecule has 0 aliphatic heterocycles.